The molecule has 1 aromatic heterocycles. The summed E-state index contributed by atoms with van der Waals surface area (Å²) in [5, 5.41) is 19.4. The Labute approximate surface area is 229 Å². The lowest BCUT2D eigenvalue weighted by molar-refractivity contribution is 0.494. The smallest absolute Gasteiger partial charge is 0.251 e. The highest BCUT2D eigenvalue weighted by Gasteiger charge is 2.24. The molecule has 0 bridgehead atoms. The van der Waals surface area contributed by atoms with Gasteiger partial charge in [0, 0.05) is 11.1 Å². The molecule has 10 nitrogen and oxygen atoms in total. The van der Waals surface area contributed by atoms with Gasteiger partial charge < -0.3 is 31.6 Å². The number of nitrogens with two attached hydrogens (primary N) is 3. The topological polar surface area (TPSA) is 210 Å². The minimum atomic E-state index is -4.01. The summed E-state index contributed by atoms with van der Waals surface area (Å²) >= 11 is 13.6. The Bertz CT molecular complexity index is 1320. The number of rotatable bonds is 5. The zero-order valence-electron chi connectivity index (χ0n) is 18.7. The number of aromatic nitrogens is 1. The van der Waals surface area contributed by atoms with E-state index in [0.717, 1.165) is 0 Å². The van der Waals surface area contributed by atoms with E-state index >= 15 is 0 Å². The van der Waals surface area contributed by atoms with Gasteiger partial charge in [0.1, 0.15) is 11.5 Å². The molecular weight excluding hydrogens is 567 g/mol. The average Bonchev–Trinajstić information content (AvgIpc) is 3.19. The quantitative estimate of drug-likeness (QED) is 0.210. The maximum atomic E-state index is 13.6. The molecule has 0 radical (unpaired) electrons. The van der Waals surface area contributed by atoms with Gasteiger partial charge in [-0.1, -0.05) is 44.2 Å². The third kappa shape index (κ3) is 11.2. The monoisotopic (exact) mass is 594 g/mol. The predicted molar refractivity (Wildman–Crippen MR) is 152 cm³/mol. The number of aliphatic hydroxyl groups is 2. The summed E-state index contributed by atoms with van der Waals surface area (Å²) in [5.74, 6) is -0.268. The second-order valence-electron chi connectivity index (χ2n) is 6.60. The SMILES string of the molecule is C.C=CC(C)c1nc(-c2ccc(F)c(Cl)c2)c(-c2ccccc2S(N)(=O)=O)o1.NC(O)=S.NC(O)=S.O. The van der Waals surface area contributed by atoms with Crippen molar-refractivity contribution >= 4 is 56.4 Å². The van der Waals surface area contributed by atoms with Gasteiger partial charge in [0.25, 0.3) is 10.3 Å². The third-order valence-corrected chi connectivity index (χ3v) is 5.28. The maximum absolute atomic E-state index is 13.6. The average molecular weight is 595 g/mol. The van der Waals surface area contributed by atoms with Gasteiger partial charge in [-0.15, -0.1) is 6.58 Å². The van der Waals surface area contributed by atoms with E-state index in [4.69, 9.17) is 31.4 Å². The van der Waals surface area contributed by atoms with Gasteiger partial charge in [-0.05, 0) is 54.8 Å². The molecule has 37 heavy (non-hydrogen) atoms. The fraction of sp³-hybridized carbons (Fsp3) is 0.136. The Morgan fingerprint density at radius 1 is 1.19 bits per heavy atom. The van der Waals surface area contributed by atoms with Gasteiger partial charge in [-0.2, -0.15) is 0 Å². The molecule has 2 aromatic carbocycles. The van der Waals surface area contributed by atoms with Gasteiger partial charge in [0.15, 0.2) is 5.76 Å². The molecule has 10 N–H and O–H groups in total. The van der Waals surface area contributed by atoms with Crippen molar-refractivity contribution in [3.8, 4) is 22.6 Å². The second-order valence-corrected chi connectivity index (χ2v) is 9.37. The Kier molecular flexibility index (Phi) is 15.4. The molecule has 0 saturated heterocycles. The molecule has 0 amide bonds. The van der Waals surface area contributed by atoms with Gasteiger partial charge in [0.05, 0.1) is 15.8 Å². The van der Waals surface area contributed by atoms with Crippen LogP contribution in [0.25, 0.3) is 22.6 Å². The molecule has 1 unspecified atom stereocenters. The third-order valence-electron chi connectivity index (χ3n) is 4.02. The van der Waals surface area contributed by atoms with Crippen LogP contribution < -0.4 is 16.6 Å². The highest BCUT2D eigenvalue weighted by atomic mass is 35.5. The van der Waals surface area contributed by atoms with E-state index in [-0.39, 0.29) is 40.1 Å². The number of hydrogen-bond donors (Lipinski definition) is 5. The van der Waals surface area contributed by atoms with Crippen LogP contribution in [-0.4, -0.2) is 39.4 Å². The normalized spacial score (nSPS) is 10.6. The van der Waals surface area contributed by atoms with Crippen LogP contribution >= 0.6 is 36.0 Å². The first-order valence-electron chi connectivity index (χ1n) is 9.36. The number of halogens is 2. The van der Waals surface area contributed by atoms with E-state index in [1.54, 1.807) is 24.3 Å². The fourth-order valence-electron chi connectivity index (χ4n) is 2.56. The number of thiocarbonyl (C=S) groups is 2. The molecule has 1 heterocycles. The Morgan fingerprint density at radius 2 is 1.70 bits per heavy atom. The highest BCUT2D eigenvalue weighted by Crippen LogP contribution is 2.38. The summed E-state index contributed by atoms with van der Waals surface area (Å²) < 4.78 is 43.4. The molecule has 204 valence electrons. The van der Waals surface area contributed by atoms with Crippen LogP contribution in [0.15, 0.2) is 64.4 Å². The number of sulfonamides is 1. The zero-order chi connectivity index (χ0) is 26.9. The van der Waals surface area contributed by atoms with E-state index in [2.05, 4.69) is 47.5 Å². The first kappa shape index (κ1) is 36.0. The number of benzene rings is 2. The largest absolute Gasteiger partial charge is 0.487 e. The van der Waals surface area contributed by atoms with Gasteiger partial charge in [-0.3, -0.25) is 0 Å². The van der Waals surface area contributed by atoms with Gasteiger partial charge >= 0.3 is 0 Å². The van der Waals surface area contributed by atoms with Crippen molar-refractivity contribution in [2.75, 3.05) is 0 Å². The molecule has 1 atom stereocenters. The summed E-state index contributed by atoms with van der Waals surface area (Å²) in [6.45, 7) is 5.55. The fourth-order valence-corrected chi connectivity index (χ4v) is 3.47. The molecular formula is C22H28ClFN4O6S3. The van der Waals surface area contributed by atoms with Crippen molar-refractivity contribution in [2.24, 2.45) is 16.6 Å². The van der Waals surface area contributed by atoms with E-state index in [1.165, 1.54) is 24.3 Å². The molecule has 15 heteroatoms. The van der Waals surface area contributed by atoms with Crippen molar-refractivity contribution in [3.63, 3.8) is 0 Å². The summed E-state index contributed by atoms with van der Waals surface area (Å²) in [6.07, 6.45) is 1.64. The van der Waals surface area contributed by atoms with Crippen molar-refractivity contribution < 1.29 is 32.9 Å². The molecule has 0 fully saturated rings. The summed E-state index contributed by atoms with van der Waals surface area (Å²) in [6, 6.07) is 10.3. The number of allylic oxidation sites excluding steroid dienone is 1. The van der Waals surface area contributed by atoms with Crippen molar-refractivity contribution in [3.05, 3.63) is 71.9 Å². The van der Waals surface area contributed by atoms with Gasteiger partial charge in [0.2, 0.25) is 15.9 Å². The van der Waals surface area contributed by atoms with Gasteiger partial charge in [-0.25, -0.2) is 22.9 Å². The maximum Gasteiger partial charge on any atom is 0.251 e. The lowest BCUT2D eigenvalue weighted by atomic mass is 10.1. The number of primary sulfonamides is 1. The van der Waals surface area contributed by atoms with Crippen molar-refractivity contribution in [1.29, 1.82) is 0 Å². The van der Waals surface area contributed by atoms with E-state index < -0.39 is 26.2 Å². The molecule has 0 saturated carbocycles. The molecule has 0 aliphatic heterocycles. The Balaban J connectivity index is 0. The van der Waals surface area contributed by atoms with Crippen LogP contribution in [0.4, 0.5) is 4.39 Å². The number of hydrogen-bond acceptors (Lipinski definition) is 6. The minimum Gasteiger partial charge on any atom is -0.487 e. The number of aliphatic hydroxyl groups excluding tert-OH is 2. The molecule has 0 spiro atoms. The standard InChI is InChI=1S/C19H16ClFN2O3S.2CH3NOS.CH4.H2O/c1-3-11(2)19-23-17(12-8-9-15(21)14(20)10-12)18(26-19)13-6-4-5-7-16(13)27(22,24)25;2*2-1(3)4;;/h3-11H,1H2,2H3,(H2,22,24,25);2*(H3,2,3,4);1H4;1H2. The Hall–Kier alpha value is -3.14. The molecule has 0 aliphatic rings. The first-order chi connectivity index (χ1) is 16.2. The first-order valence-corrected chi connectivity index (χ1v) is 12.1. The van der Waals surface area contributed by atoms with Crippen LogP contribution in [-0.2, 0) is 10.0 Å². The predicted octanol–water partition coefficient (Wildman–Crippen LogP) is 4.13. The minimum absolute atomic E-state index is 0. The zero-order valence-corrected chi connectivity index (χ0v) is 21.9. The lowest BCUT2D eigenvalue weighted by Gasteiger charge is -2.07. The summed E-state index contributed by atoms with van der Waals surface area (Å²) in [7, 11) is -4.01. The summed E-state index contributed by atoms with van der Waals surface area (Å²) in [5.41, 5.74) is 9.86. The van der Waals surface area contributed by atoms with Crippen LogP contribution in [0.5, 0.6) is 0 Å². The molecule has 3 rings (SSSR count). The van der Waals surface area contributed by atoms with Crippen LogP contribution in [0.1, 0.15) is 26.2 Å². The van der Waals surface area contributed by atoms with E-state index in [0.29, 0.717) is 17.1 Å². The number of oxazole rings is 1. The van der Waals surface area contributed by atoms with Crippen LogP contribution in [0.2, 0.25) is 5.02 Å². The molecule has 0 aliphatic carbocycles. The molecule has 3 aromatic rings. The number of nitrogens with zero attached hydrogens (tertiary/aromatic N) is 1. The van der Waals surface area contributed by atoms with Crippen molar-refractivity contribution in [2.45, 2.75) is 25.2 Å². The van der Waals surface area contributed by atoms with Crippen LogP contribution in [0, 0.1) is 5.82 Å². The van der Waals surface area contributed by atoms with E-state index in [1.807, 2.05) is 6.92 Å². The second kappa shape index (κ2) is 15.9. The lowest BCUT2D eigenvalue weighted by Crippen LogP contribution is -2.13. The van der Waals surface area contributed by atoms with Crippen LogP contribution in [0.3, 0.4) is 0 Å². The summed E-state index contributed by atoms with van der Waals surface area (Å²) in [4.78, 5) is 4.36. The van der Waals surface area contributed by atoms with E-state index in [9.17, 15) is 12.8 Å². The Morgan fingerprint density at radius 3 is 2.16 bits per heavy atom. The van der Waals surface area contributed by atoms with Crippen molar-refractivity contribution in [1.82, 2.24) is 4.98 Å². The highest BCUT2D eigenvalue weighted by molar-refractivity contribution is 7.89.